The van der Waals surface area contributed by atoms with Gasteiger partial charge in [-0.15, -0.1) is 11.3 Å². The van der Waals surface area contributed by atoms with E-state index in [1.165, 1.54) is 2.88 Å². The lowest BCUT2D eigenvalue weighted by molar-refractivity contribution is 0.222. The molecular weight excluding hydrogens is 357 g/mol. The molecule has 0 aliphatic carbocycles. The van der Waals surface area contributed by atoms with Crippen molar-refractivity contribution >= 4 is 44.7 Å². The van der Waals surface area contributed by atoms with E-state index in [0.29, 0.717) is 0 Å². The molecule has 18 heavy (non-hydrogen) atoms. The van der Waals surface area contributed by atoms with Crippen LogP contribution in [0.2, 0.25) is 0 Å². The first-order valence-corrected chi connectivity index (χ1v) is 7.46. The van der Waals surface area contributed by atoms with Gasteiger partial charge in [-0.25, -0.2) is 0 Å². The molecule has 0 bridgehead atoms. The molecular formula is C14H10INOS. The van der Waals surface area contributed by atoms with Gasteiger partial charge >= 0.3 is 0 Å². The van der Waals surface area contributed by atoms with Crippen LogP contribution in [0.15, 0.2) is 48.1 Å². The Bertz CT molecular complexity index is 690. The van der Waals surface area contributed by atoms with Crippen LogP contribution in [-0.2, 0) is 0 Å². The molecule has 1 aromatic carbocycles. The minimum absolute atomic E-state index is 0.585. The molecule has 1 N–H and O–H groups in total. The van der Waals surface area contributed by atoms with Gasteiger partial charge in [0.15, 0.2) is 0 Å². The van der Waals surface area contributed by atoms with Gasteiger partial charge in [0, 0.05) is 17.8 Å². The highest BCUT2D eigenvalue weighted by molar-refractivity contribution is 14.1. The molecule has 90 valence electrons. The predicted octanol–water partition coefficient (Wildman–Crippen LogP) is 3.98. The Labute approximate surface area is 122 Å². The fraction of sp³-hybridized carbons (Fsp3) is 0.0714. The van der Waals surface area contributed by atoms with Crippen LogP contribution in [0.4, 0.5) is 0 Å². The van der Waals surface area contributed by atoms with E-state index < -0.39 is 6.10 Å². The van der Waals surface area contributed by atoms with E-state index in [4.69, 9.17) is 0 Å². The van der Waals surface area contributed by atoms with Gasteiger partial charge < -0.3 is 5.11 Å². The van der Waals surface area contributed by atoms with Gasteiger partial charge in [-0.3, -0.25) is 4.98 Å². The number of nitrogens with zero attached hydrogens (tertiary/aromatic N) is 1. The smallest absolute Gasteiger partial charge is 0.106 e. The lowest BCUT2D eigenvalue weighted by atomic mass is 9.99. The number of aliphatic hydroxyl groups excluding tert-OH is 1. The molecule has 2 heterocycles. The zero-order valence-electron chi connectivity index (χ0n) is 9.38. The summed E-state index contributed by atoms with van der Waals surface area (Å²) >= 11 is 3.91. The predicted molar refractivity (Wildman–Crippen MR) is 82.8 cm³/mol. The summed E-state index contributed by atoms with van der Waals surface area (Å²) in [6, 6.07) is 9.94. The Morgan fingerprint density at radius 2 is 2.17 bits per heavy atom. The van der Waals surface area contributed by atoms with Crippen LogP contribution >= 0.6 is 33.9 Å². The SMILES string of the molecule is OC(c1csc(I)c1)c1cccc2ccncc12. The van der Waals surface area contributed by atoms with Crippen molar-refractivity contribution in [2.45, 2.75) is 6.10 Å². The molecule has 0 radical (unpaired) electrons. The third kappa shape index (κ3) is 2.15. The topological polar surface area (TPSA) is 33.1 Å². The minimum Gasteiger partial charge on any atom is -0.384 e. The quantitative estimate of drug-likeness (QED) is 0.695. The van der Waals surface area contributed by atoms with Crippen molar-refractivity contribution in [1.29, 1.82) is 0 Å². The zero-order chi connectivity index (χ0) is 12.5. The van der Waals surface area contributed by atoms with Crippen LogP contribution in [0.25, 0.3) is 10.8 Å². The van der Waals surface area contributed by atoms with Crippen LogP contribution in [0.3, 0.4) is 0 Å². The lowest BCUT2D eigenvalue weighted by Gasteiger charge is -2.12. The number of hydrogen-bond donors (Lipinski definition) is 1. The van der Waals surface area contributed by atoms with Crippen molar-refractivity contribution in [2.75, 3.05) is 0 Å². The minimum atomic E-state index is -0.585. The number of rotatable bonds is 2. The maximum absolute atomic E-state index is 10.5. The van der Waals surface area contributed by atoms with E-state index in [2.05, 4.69) is 27.6 Å². The molecule has 0 spiro atoms. The summed E-state index contributed by atoms with van der Waals surface area (Å²) in [5.74, 6) is 0. The van der Waals surface area contributed by atoms with E-state index in [0.717, 1.165) is 21.9 Å². The highest BCUT2D eigenvalue weighted by Gasteiger charge is 2.14. The number of aromatic nitrogens is 1. The normalized spacial score (nSPS) is 12.8. The Balaban J connectivity index is 2.14. The summed E-state index contributed by atoms with van der Waals surface area (Å²) in [6.45, 7) is 0. The molecule has 2 nitrogen and oxygen atoms in total. The van der Waals surface area contributed by atoms with Gasteiger partial charge in [0.2, 0.25) is 0 Å². The summed E-state index contributed by atoms with van der Waals surface area (Å²) in [6.07, 6.45) is 3.00. The highest BCUT2D eigenvalue weighted by Crippen LogP contribution is 2.31. The van der Waals surface area contributed by atoms with E-state index in [9.17, 15) is 5.11 Å². The van der Waals surface area contributed by atoms with Gasteiger partial charge in [-0.2, -0.15) is 0 Å². The van der Waals surface area contributed by atoms with Gasteiger partial charge in [-0.05, 0) is 56.6 Å². The number of thiophene rings is 1. The molecule has 3 aromatic rings. The van der Waals surface area contributed by atoms with Crippen molar-refractivity contribution in [2.24, 2.45) is 0 Å². The molecule has 0 fully saturated rings. The second kappa shape index (κ2) is 4.95. The maximum atomic E-state index is 10.5. The van der Waals surface area contributed by atoms with Crippen molar-refractivity contribution < 1.29 is 5.11 Å². The average Bonchev–Trinajstić information content (AvgIpc) is 2.84. The Morgan fingerprint density at radius 3 is 2.94 bits per heavy atom. The largest absolute Gasteiger partial charge is 0.384 e. The molecule has 1 unspecified atom stereocenters. The summed E-state index contributed by atoms with van der Waals surface area (Å²) in [5, 5.41) is 14.6. The second-order valence-electron chi connectivity index (χ2n) is 4.03. The highest BCUT2D eigenvalue weighted by atomic mass is 127. The summed E-state index contributed by atoms with van der Waals surface area (Å²) in [5.41, 5.74) is 1.86. The molecule has 4 heteroatoms. The van der Waals surface area contributed by atoms with Gasteiger partial charge in [0.1, 0.15) is 6.10 Å². The average molecular weight is 367 g/mol. The van der Waals surface area contributed by atoms with Crippen LogP contribution in [0.1, 0.15) is 17.2 Å². The van der Waals surface area contributed by atoms with Crippen LogP contribution in [-0.4, -0.2) is 10.1 Å². The molecule has 0 saturated carbocycles. The molecule has 2 aromatic heterocycles. The van der Waals surface area contributed by atoms with E-state index in [-0.39, 0.29) is 0 Å². The van der Waals surface area contributed by atoms with E-state index in [1.54, 1.807) is 17.5 Å². The fourth-order valence-corrected chi connectivity index (χ4v) is 3.41. The second-order valence-corrected chi connectivity index (χ2v) is 6.84. The van der Waals surface area contributed by atoms with Crippen molar-refractivity contribution in [3.8, 4) is 0 Å². The maximum Gasteiger partial charge on any atom is 0.106 e. The fourth-order valence-electron chi connectivity index (χ4n) is 2.02. The van der Waals surface area contributed by atoms with E-state index >= 15 is 0 Å². The molecule has 0 aliphatic rings. The molecule has 0 amide bonds. The number of hydrogen-bond acceptors (Lipinski definition) is 3. The lowest BCUT2D eigenvalue weighted by Crippen LogP contribution is -1.99. The van der Waals surface area contributed by atoms with Gasteiger partial charge in [0.25, 0.3) is 0 Å². The number of halogens is 1. The van der Waals surface area contributed by atoms with Gasteiger partial charge in [0.05, 0.1) is 2.88 Å². The van der Waals surface area contributed by atoms with Crippen LogP contribution in [0.5, 0.6) is 0 Å². The van der Waals surface area contributed by atoms with Crippen molar-refractivity contribution in [3.63, 3.8) is 0 Å². The zero-order valence-corrected chi connectivity index (χ0v) is 12.4. The van der Waals surface area contributed by atoms with Crippen LogP contribution in [0, 0.1) is 2.88 Å². The Kier molecular flexibility index (Phi) is 3.32. The third-order valence-corrected chi connectivity index (χ3v) is 4.72. The number of benzene rings is 1. The molecule has 0 aliphatic heterocycles. The summed E-state index contributed by atoms with van der Waals surface area (Å²) < 4.78 is 1.18. The summed E-state index contributed by atoms with van der Waals surface area (Å²) in [4.78, 5) is 4.14. The summed E-state index contributed by atoms with van der Waals surface area (Å²) in [7, 11) is 0. The van der Waals surface area contributed by atoms with E-state index in [1.807, 2.05) is 41.9 Å². The third-order valence-electron chi connectivity index (χ3n) is 2.92. The number of aliphatic hydroxyl groups is 1. The van der Waals surface area contributed by atoms with Crippen molar-refractivity contribution in [1.82, 2.24) is 4.98 Å². The number of pyridine rings is 1. The Hall–Kier alpha value is -0.980. The van der Waals surface area contributed by atoms with Gasteiger partial charge in [-0.1, -0.05) is 18.2 Å². The molecule has 1 atom stereocenters. The molecule has 3 rings (SSSR count). The van der Waals surface area contributed by atoms with Crippen LogP contribution < -0.4 is 0 Å². The van der Waals surface area contributed by atoms with Crippen molar-refractivity contribution in [3.05, 3.63) is 62.1 Å². The Morgan fingerprint density at radius 1 is 1.28 bits per heavy atom. The standard InChI is InChI=1S/C14H10INOS/c15-13-6-10(8-18-13)14(17)11-3-1-2-9-4-5-16-7-12(9)11/h1-8,14,17H. The first kappa shape index (κ1) is 12.1. The monoisotopic (exact) mass is 367 g/mol. The first-order chi connectivity index (χ1) is 8.75. The molecule has 0 saturated heterocycles. The first-order valence-electron chi connectivity index (χ1n) is 5.50. The number of fused-ring (bicyclic) bond motifs is 1.